The largest absolute Gasteiger partial charge is 0.323 e. The third-order valence-electron chi connectivity index (χ3n) is 4.46. The Hall–Kier alpha value is -0.860. The Bertz CT molecular complexity index is 360. The second-order valence-electron chi connectivity index (χ2n) is 5.89. The van der Waals surface area contributed by atoms with E-state index in [-0.39, 0.29) is 6.04 Å². The van der Waals surface area contributed by atoms with Crippen LogP contribution in [0.5, 0.6) is 0 Å². The molecule has 0 aromatic heterocycles. The maximum atomic E-state index is 6.25. The zero-order chi connectivity index (χ0) is 11.7. The van der Waals surface area contributed by atoms with Crippen molar-refractivity contribution in [1.82, 2.24) is 4.90 Å². The van der Waals surface area contributed by atoms with Crippen LogP contribution in [0.1, 0.15) is 37.3 Å². The van der Waals surface area contributed by atoms with Crippen LogP contribution in [-0.2, 0) is 0 Å². The summed E-state index contributed by atoms with van der Waals surface area (Å²) in [7, 11) is 0. The van der Waals surface area contributed by atoms with Gasteiger partial charge in [0.25, 0.3) is 0 Å². The van der Waals surface area contributed by atoms with E-state index in [1.54, 1.807) is 0 Å². The second kappa shape index (κ2) is 4.43. The molecular weight excluding hydrogens is 208 g/mol. The van der Waals surface area contributed by atoms with Gasteiger partial charge in [0.2, 0.25) is 0 Å². The summed E-state index contributed by atoms with van der Waals surface area (Å²) in [5.74, 6) is 0. The van der Waals surface area contributed by atoms with Gasteiger partial charge >= 0.3 is 0 Å². The van der Waals surface area contributed by atoms with Gasteiger partial charge in [-0.1, -0.05) is 43.2 Å². The molecule has 92 valence electrons. The molecule has 2 fully saturated rings. The van der Waals surface area contributed by atoms with Gasteiger partial charge in [0.05, 0.1) is 0 Å². The minimum atomic E-state index is 0.176. The zero-order valence-corrected chi connectivity index (χ0v) is 10.4. The maximum Gasteiger partial charge on any atom is 0.0424 e. The van der Waals surface area contributed by atoms with Gasteiger partial charge in [-0.2, -0.15) is 0 Å². The summed E-state index contributed by atoms with van der Waals surface area (Å²) in [6.45, 7) is 3.59. The minimum Gasteiger partial charge on any atom is -0.323 e. The number of benzene rings is 1. The molecule has 1 spiro atoms. The highest BCUT2D eigenvalue weighted by molar-refractivity contribution is 5.19. The van der Waals surface area contributed by atoms with Gasteiger partial charge in [-0.05, 0) is 23.8 Å². The summed E-state index contributed by atoms with van der Waals surface area (Å²) in [4.78, 5) is 2.53. The lowest BCUT2D eigenvalue weighted by molar-refractivity contribution is 0.00216. The van der Waals surface area contributed by atoms with Gasteiger partial charge < -0.3 is 10.6 Å². The van der Waals surface area contributed by atoms with E-state index in [9.17, 15) is 0 Å². The maximum absolute atomic E-state index is 6.25. The van der Waals surface area contributed by atoms with E-state index in [0.29, 0.717) is 5.41 Å². The van der Waals surface area contributed by atoms with Crippen LogP contribution in [0.4, 0.5) is 0 Å². The summed E-state index contributed by atoms with van der Waals surface area (Å²) in [5, 5.41) is 0. The first kappa shape index (κ1) is 11.2. The molecule has 2 aliphatic rings. The van der Waals surface area contributed by atoms with Crippen LogP contribution >= 0.6 is 0 Å². The lowest BCUT2D eigenvalue weighted by Gasteiger charge is -2.49. The Morgan fingerprint density at radius 3 is 2.41 bits per heavy atom. The Morgan fingerprint density at radius 1 is 1.12 bits per heavy atom. The molecule has 1 atom stereocenters. The van der Waals surface area contributed by atoms with Crippen LogP contribution in [0, 0.1) is 5.41 Å². The second-order valence-corrected chi connectivity index (χ2v) is 5.89. The highest BCUT2D eigenvalue weighted by Gasteiger charge is 2.44. The first-order valence-electron chi connectivity index (χ1n) is 6.80. The fraction of sp³-hybridized carbons (Fsp3) is 0.600. The summed E-state index contributed by atoms with van der Waals surface area (Å²) in [5.41, 5.74) is 8.21. The molecule has 1 saturated heterocycles. The summed E-state index contributed by atoms with van der Waals surface area (Å²) >= 11 is 0. The van der Waals surface area contributed by atoms with Crippen LogP contribution in [0.3, 0.4) is 0 Å². The predicted molar refractivity (Wildman–Crippen MR) is 70.7 cm³/mol. The monoisotopic (exact) mass is 230 g/mol. The molecule has 0 amide bonds. The van der Waals surface area contributed by atoms with Crippen molar-refractivity contribution in [1.29, 1.82) is 0 Å². The molecular formula is C15H22N2. The quantitative estimate of drug-likeness (QED) is 0.864. The lowest BCUT2D eigenvalue weighted by Crippen LogP contribution is -2.56. The van der Waals surface area contributed by atoms with Crippen molar-refractivity contribution in [2.75, 3.05) is 19.6 Å². The average Bonchev–Trinajstić information content (AvgIpc) is 2.79. The first-order valence-corrected chi connectivity index (χ1v) is 6.80. The van der Waals surface area contributed by atoms with E-state index in [4.69, 9.17) is 5.73 Å². The summed E-state index contributed by atoms with van der Waals surface area (Å²) in [6.07, 6.45) is 5.78. The van der Waals surface area contributed by atoms with Crippen molar-refractivity contribution >= 4 is 0 Å². The van der Waals surface area contributed by atoms with Crippen molar-refractivity contribution in [2.24, 2.45) is 11.1 Å². The van der Waals surface area contributed by atoms with E-state index in [1.165, 1.54) is 44.3 Å². The van der Waals surface area contributed by atoms with E-state index in [2.05, 4.69) is 29.2 Å². The molecule has 2 heteroatoms. The third kappa shape index (κ3) is 2.24. The molecule has 1 unspecified atom stereocenters. The van der Waals surface area contributed by atoms with Crippen molar-refractivity contribution in [2.45, 2.75) is 31.7 Å². The number of nitrogens with two attached hydrogens (primary N) is 1. The van der Waals surface area contributed by atoms with Crippen LogP contribution in [0.25, 0.3) is 0 Å². The lowest BCUT2D eigenvalue weighted by atomic mass is 9.78. The van der Waals surface area contributed by atoms with Crippen LogP contribution < -0.4 is 5.73 Å². The minimum absolute atomic E-state index is 0.176. The van der Waals surface area contributed by atoms with Crippen molar-refractivity contribution in [3.63, 3.8) is 0 Å². The molecule has 0 bridgehead atoms. The normalized spacial score (nSPS) is 24.8. The topological polar surface area (TPSA) is 29.3 Å². The molecule has 1 aromatic carbocycles. The van der Waals surface area contributed by atoms with Crippen molar-refractivity contribution in [3.05, 3.63) is 35.9 Å². The molecule has 1 aliphatic heterocycles. The molecule has 2 N–H and O–H groups in total. The molecule has 3 rings (SSSR count). The Kier molecular flexibility index (Phi) is 2.93. The van der Waals surface area contributed by atoms with E-state index < -0.39 is 0 Å². The summed E-state index contributed by atoms with van der Waals surface area (Å²) in [6, 6.07) is 10.6. The fourth-order valence-corrected chi connectivity index (χ4v) is 3.56. The molecule has 17 heavy (non-hydrogen) atoms. The van der Waals surface area contributed by atoms with Crippen LogP contribution in [-0.4, -0.2) is 24.5 Å². The molecule has 2 nitrogen and oxygen atoms in total. The van der Waals surface area contributed by atoms with E-state index >= 15 is 0 Å². The predicted octanol–water partition coefficient (Wildman–Crippen LogP) is 2.56. The van der Waals surface area contributed by atoms with Gasteiger partial charge in [-0.25, -0.2) is 0 Å². The Labute approximate surface area is 104 Å². The fourth-order valence-electron chi connectivity index (χ4n) is 3.56. The number of likely N-dealkylation sites (tertiary alicyclic amines) is 1. The summed E-state index contributed by atoms with van der Waals surface area (Å²) < 4.78 is 0. The standard InChI is InChI=1S/C15H22N2/c16-14(13-6-2-1-3-7-13)10-17-11-15(12-17)8-4-5-9-15/h1-3,6-7,14H,4-5,8-12,16H2. The smallest absolute Gasteiger partial charge is 0.0424 e. The van der Waals surface area contributed by atoms with Gasteiger partial charge in [-0.3, -0.25) is 0 Å². The van der Waals surface area contributed by atoms with E-state index in [1.807, 2.05) is 6.07 Å². The molecule has 1 aromatic rings. The van der Waals surface area contributed by atoms with Gasteiger partial charge in [-0.15, -0.1) is 0 Å². The molecule has 1 saturated carbocycles. The molecule has 0 radical (unpaired) electrons. The number of rotatable bonds is 3. The van der Waals surface area contributed by atoms with Gasteiger partial charge in [0.15, 0.2) is 0 Å². The average molecular weight is 230 g/mol. The Balaban J connectivity index is 1.52. The van der Waals surface area contributed by atoms with Crippen molar-refractivity contribution < 1.29 is 0 Å². The van der Waals surface area contributed by atoms with Gasteiger partial charge in [0.1, 0.15) is 0 Å². The highest BCUT2D eigenvalue weighted by Crippen LogP contribution is 2.45. The van der Waals surface area contributed by atoms with Crippen LogP contribution in [0.2, 0.25) is 0 Å². The van der Waals surface area contributed by atoms with Crippen LogP contribution in [0.15, 0.2) is 30.3 Å². The molecule has 1 heterocycles. The van der Waals surface area contributed by atoms with Gasteiger partial charge in [0, 0.05) is 25.7 Å². The zero-order valence-electron chi connectivity index (χ0n) is 10.4. The van der Waals surface area contributed by atoms with Crippen molar-refractivity contribution in [3.8, 4) is 0 Å². The number of nitrogens with zero attached hydrogens (tertiary/aromatic N) is 1. The highest BCUT2D eigenvalue weighted by atomic mass is 15.2. The Morgan fingerprint density at radius 2 is 1.76 bits per heavy atom. The SMILES string of the molecule is NC(CN1CC2(CCCC2)C1)c1ccccc1. The number of hydrogen-bond donors (Lipinski definition) is 1. The first-order chi connectivity index (χ1) is 8.27. The molecule has 1 aliphatic carbocycles. The number of hydrogen-bond acceptors (Lipinski definition) is 2. The third-order valence-corrected chi connectivity index (χ3v) is 4.46. The van der Waals surface area contributed by atoms with E-state index in [0.717, 1.165) is 6.54 Å².